The van der Waals surface area contributed by atoms with Crippen LogP contribution in [0.1, 0.15) is 30.4 Å². The van der Waals surface area contributed by atoms with E-state index in [1.165, 1.54) is 33.9 Å². The highest BCUT2D eigenvalue weighted by atomic mass is 16.2. The average molecular weight is 354 g/mol. The van der Waals surface area contributed by atoms with Gasteiger partial charge in [0, 0.05) is 48.7 Å². The first-order valence-corrected chi connectivity index (χ1v) is 9.24. The lowest BCUT2D eigenvalue weighted by atomic mass is 9.74. The number of rotatable bonds is 3. The standard InChI is InChI=1S/C20H26N4O2/c1-12(25)10-24(3)20(26)22-14-8-16-15-5-4-6-17-19(15)13(9-21-17)7-18(16)23(2)11-14/h4-6,9,14,16,18,21H,7-8,10-11H2,1-3H3,(H,22,26)/t14-,16+,18+/m0/s1. The molecule has 6 nitrogen and oxygen atoms in total. The predicted octanol–water partition coefficient (Wildman–Crippen LogP) is 2.11. The van der Waals surface area contributed by atoms with E-state index in [2.05, 4.69) is 46.6 Å². The number of aromatic amines is 1. The molecule has 2 aliphatic rings. The SMILES string of the molecule is CC(=O)CN(C)C(=O)N[C@H]1C[C@@H]2c3cccc4[nH]cc(c34)C[C@H]2N(C)C1. The third kappa shape index (κ3) is 2.88. The molecule has 0 bridgehead atoms. The summed E-state index contributed by atoms with van der Waals surface area (Å²) in [5.41, 5.74) is 3.98. The first-order chi connectivity index (χ1) is 12.4. The van der Waals surface area contributed by atoms with Crippen molar-refractivity contribution < 1.29 is 9.59 Å². The Morgan fingerprint density at radius 1 is 1.38 bits per heavy atom. The molecule has 2 aromatic rings. The summed E-state index contributed by atoms with van der Waals surface area (Å²) in [6.07, 6.45) is 4.12. The van der Waals surface area contributed by atoms with Crippen LogP contribution < -0.4 is 5.32 Å². The number of Topliss-reactive ketones (excluding diaryl/α,β-unsaturated/α-hetero) is 1. The topological polar surface area (TPSA) is 68.4 Å². The molecule has 1 aliphatic heterocycles. The molecule has 1 saturated heterocycles. The molecule has 1 fully saturated rings. The highest BCUT2D eigenvalue weighted by Gasteiger charge is 2.39. The van der Waals surface area contributed by atoms with Crippen molar-refractivity contribution in [2.75, 3.05) is 27.2 Å². The molecular weight excluding hydrogens is 328 g/mol. The zero-order chi connectivity index (χ0) is 18.4. The number of aromatic nitrogens is 1. The summed E-state index contributed by atoms with van der Waals surface area (Å²) >= 11 is 0. The normalized spacial score (nSPS) is 25.0. The van der Waals surface area contributed by atoms with Crippen LogP contribution in [0.3, 0.4) is 0 Å². The third-order valence-electron chi connectivity index (χ3n) is 5.86. The molecule has 2 N–H and O–H groups in total. The van der Waals surface area contributed by atoms with Gasteiger partial charge in [-0.2, -0.15) is 0 Å². The Morgan fingerprint density at radius 3 is 2.96 bits per heavy atom. The number of ketones is 1. The van der Waals surface area contributed by atoms with Gasteiger partial charge >= 0.3 is 6.03 Å². The highest BCUT2D eigenvalue weighted by Crippen LogP contribution is 2.42. The van der Waals surface area contributed by atoms with Crippen LogP contribution in [0.25, 0.3) is 10.9 Å². The second-order valence-corrected chi connectivity index (χ2v) is 7.84. The van der Waals surface area contributed by atoms with Crippen molar-refractivity contribution in [3.63, 3.8) is 0 Å². The monoisotopic (exact) mass is 354 g/mol. The van der Waals surface area contributed by atoms with Crippen molar-refractivity contribution in [3.8, 4) is 0 Å². The number of nitrogens with zero attached hydrogens (tertiary/aromatic N) is 2. The molecule has 3 atom stereocenters. The summed E-state index contributed by atoms with van der Waals surface area (Å²) in [6, 6.07) is 6.85. The molecule has 2 amide bonds. The summed E-state index contributed by atoms with van der Waals surface area (Å²) in [5, 5.41) is 4.49. The Hall–Kier alpha value is -2.34. The maximum absolute atomic E-state index is 12.4. The molecule has 6 heteroatoms. The molecule has 0 unspecified atom stereocenters. The van der Waals surface area contributed by atoms with Gasteiger partial charge in [-0.1, -0.05) is 12.1 Å². The molecule has 0 spiro atoms. The van der Waals surface area contributed by atoms with E-state index in [4.69, 9.17) is 0 Å². The second-order valence-electron chi connectivity index (χ2n) is 7.84. The smallest absolute Gasteiger partial charge is 0.317 e. The number of nitrogens with one attached hydrogen (secondary N) is 2. The summed E-state index contributed by atoms with van der Waals surface area (Å²) in [7, 11) is 3.81. The Bertz CT molecular complexity index is 859. The van der Waals surface area contributed by atoms with Gasteiger partial charge in [-0.25, -0.2) is 4.79 Å². The number of urea groups is 1. The van der Waals surface area contributed by atoms with Crippen molar-refractivity contribution in [1.82, 2.24) is 20.1 Å². The number of amides is 2. The van der Waals surface area contributed by atoms with E-state index < -0.39 is 0 Å². The number of hydrogen-bond acceptors (Lipinski definition) is 3. The minimum absolute atomic E-state index is 0.0116. The summed E-state index contributed by atoms with van der Waals surface area (Å²) in [6.45, 7) is 2.48. The number of benzene rings is 1. The molecule has 1 aromatic heterocycles. The van der Waals surface area contributed by atoms with Crippen LogP contribution in [0.5, 0.6) is 0 Å². The quantitative estimate of drug-likeness (QED) is 0.887. The Kier molecular flexibility index (Phi) is 4.23. The molecular formula is C20H26N4O2. The predicted molar refractivity (Wildman–Crippen MR) is 101 cm³/mol. The van der Waals surface area contributed by atoms with Gasteiger partial charge in [0.2, 0.25) is 0 Å². The van der Waals surface area contributed by atoms with Gasteiger partial charge in [-0.05, 0) is 44.0 Å². The molecule has 4 rings (SSSR count). The first-order valence-electron chi connectivity index (χ1n) is 9.24. The van der Waals surface area contributed by atoms with Crippen LogP contribution in [0.2, 0.25) is 0 Å². The highest BCUT2D eigenvalue weighted by molar-refractivity contribution is 5.88. The van der Waals surface area contributed by atoms with Gasteiger partial charge in [0.25, 0.3) is 0 Å². The third-order valence-corrected chi connectivity index (χ3v) is 5.86. The number of hydrogen-bond donors (Lipinski definition) is 2. The molecule has 26 heavy (non-hydrogen) atoms. The van der Waals surface area contributed by atoms with E-state index in [0.717, 1.165) is 19.4 Å². The fraction of sp³-hybridized carbons (Fsp3) is 0.500. The molecule has 0 radical (unpaired) electrons. The molecule has 2 heterocycles. The van der Waals surface area contributed by atoms with E-state index in [1.54, 1.807) is 7.05 Å². The van der Waals surface area contributed by atoms with E-state index >= 15 is 0 Å². The zero-order valence-corrected chi connectivity index (χ0v) is 15.6. The number of carbonyl (C=O) groups excluding carboxylic acids is 2. The van der Waals surface area contributed by atoms with Gasteiger partial charge in [0.05, 0.1) is 6.54 Å². The Labute approximate surface area is 153 Å². The van der Waals surface area contributed by atoms with Crippen molar-refractivity contribution in [3.05, 3.63) is 35.5 Å². The summed E-state index contributed by atoms with van der Waals surface area (Å²) in [4.78, 5) is 30.9. The average Bonchev–Trinajstić information content (AvgIpc) is 3.00. The molecule has 1 aliphatic carbocycles. The van der Waals surface area contributed by atoms with Crippen molar-refractivity contribution in [2.24, 2.45) is 0 Å². The number of likely N-dealkylation sites (tertiary alicyclic amines) is 1. The first kappa shape index (κ1) is 17.1. The Balaban J connectivity index is 1.56. The van der Waals surface area contributed by atoms with Crippen molar-refractivity contribution >= 4 is 22.7 Å². The zero-order valence-electron chi connectivity index (χ0n) is 15.6. The van der Waals surface area contributed by atoms with Crippen molar-refractivity contribution in [1.29, 1.82) is 0 Å². The van der Waals surface area contributed by atoms with Crippen LogP contribution in [-0.2, 0) is 11.2 Å². The maximum atomic E-state index is 12.4. The molecule has 138 valence electrons. The van der Waals surface area contributed by atoms with Crippen LogP contribution >= 0.6 is 0 Å². The lowest BCUT2D eigenvalue weighted by molar-refractivity contribution is -0.117. The number of likely N-dealkylation sites (N-methyl/N-ethyl adjacent to an activating group) is 2. The lowest BCUT2D eigenvalue weighted by Gasteiger charge is -2.45. The number of H-pyrrole nitrogens is 1. The number of fused-ring (bicyclic) bond motifs is 2. The Morgan fingerprint density at radius 2 is 2.19 bits per heavy atom. The van der Waals surface area contributed by atoms with Gasteiger partial charge in [-0.3, -0.25) is 4.79 Å². The van der Waals surface area contributed by atoms with Crippen LogP contribution in [0.4, 0.5) is 4.79 Å². The number of carbonyl (C=O) groups is 2. The van der Waals surface area contributed by atoms with Crippen LogP contribution in [0.15, 0.2) is 24.4 Å². The van der Waals surface area contributed by atoms with Gasteiger partial charge in [-0.15, -0.1) is 0 Å². The second kappa shape index (κ2) is 6.43. The van der Waals surface area contributed by atoms with E-state index in [1.807, 2.05) is 0 Å². The van der Waals surface area contributed by atoms with E-state index in [0.29, 0.717) is 12.0 Å². The summed E-state index contributed by atoms with van der Waals surface area (Å²) < 4.78 is 0. The van der Waals surface area contributed by atoms with E-state index in [9.17, 15) is 9.59 Å². The van der Waals surface area contributed by atoms with Gasteiger partial charge < -0.3 is 20.1 Å². The minimum Gasteiger partial charge on any atom is -0.361 e. The van der Waals surface area contributed by atoms with Crippen LogP contribution in [0, 0.1) is 0 Å². The van der Waals surface area contributed by atoms with Crippen molar-refractivity contribution in [2.45, 2.75) is 37.8 Å². The fourth-order valence-corrected chi connectivity index (χ4v) is 4.74. The van der Waals surface area contributed by atoms with Gasteiger partial charge in [0.1, 0.15) is 5.78 Å². The summed E-state index contributed by atoms with van der Waals surface area (Å²) in [5.74, 6) is 0.395. The van der Waals surface area contributed by atoms with E-state index in [-0.39, 0.29) is 24.4 Å². The number of piperidine rings is 1. The largest absolute Gasteiger partial charge is 0.361 e. The maximum Gasteiger partial charge on any atom is 0.317 e. The van der Waals surface area contributed by atoms with Crippen LogP contribution in [-0.4, -0.2) is 65.9 Å². The lowest BCUT2D eigenvalue weighted by Crippen LogP contribution is -2.56. The fourth-order valence-electron chi connectivity index (χ4n) is 4.74. The molecule has 0 saturated carbocycles. The van der Waals surface area contributed by atoms with Gasteiger partial charge in [0.15, 0.2) is 0 Å². The minimum atomic E-state index is -0.173. The molecule has 1 aromatic carbocycles.